The van der Waals surface area contributed by atoms with Crippen molar-refractivity contribution in [2.24, 2.45) is 0 Å². The van der Waals surface area contributed by atoms with Gasteiger partial charge in [0.15, 0.2) is 0 Å². The van der Waals surface area contributed by atoms with E-state index in [4.69, 9.17) is 0 Å². The molecule has 0 bridgehead atoms. The summed E-state index contributed by atoms with van der Waals surface area (Å²) < 4.78 is 0. The number of aldehydes is 1. The fraction of sp³-hybridized carbons (Fsp3) is 0.0714. The normalized spacial score (nSPS) is 16.4. The van der Waals surface area contributed by atoms with Crippen molar-refractivity contribution in [3.63, 3.8) is 0 Å². The van der Waals surface area contributed by atoms with Gasteiger partial charge in [0, 0.05) is 5.56 Å². The van der Waals surface area contributed by atoms with Gasteiger partial charge in [-0.25, -0.2) is 0 Å². The van der Waals surface area contributed by atoms with E-state index in [1.807, 2.05) is 6.07 Å². The van der Waals surface area contributed by atoms with Gasteiger partial charge in [-0.1, -0.05) is 18.2 Å². The van der Waals surface area contributed by atoms with Crippen LogP contribution in [-0.2, 0) is 4.79 Å². The number of carbonyl (C=O) groups excluding carboxylic acids is 1. The number of phenolic OH excluding ortho intramolecular Hbond substituents is 2. The van der Waals surface area contributed by atoms with Crippen LogP contribution in [0.5, 0.6) is 11.5 Å². The average Bonchev–Trinajstić information content (AvgIpc) is 2.63. The lowest BCUT2D eigenvalue weighted by Gasteiger charge is -2.04. The molecule has 17 heavy (non-hydrogen) atoms. The maximum atomic E-state index is 11.2. The van der Waals surface area contributed by atoms with Gasteiger partial charge < -0.3 is 15.0 Å². The van der Waals surface area contributed by atoms with Crippen molar-refractivity contribution in [3.8, 4) is 22.6 Å². The summed E-state index contributed by atoms with van der Waals surface area (Å²) in [5, 5.41) is 19.4. The average molecular weight is 226 g/mol. The van der Waals surface area contributed by atoms with Crippen LogP contribution < -0.4 is 0 Å². The van der Waals surface area contributed by atoms with Crippen LogP contribution in [0.25, 0.3) is 11.1 Å². The van der Waals surface area contributed by atoms with Crippen molar-refractivity contribution in [1.29, 1.82) is 0 Å². The van der Waals surface area contributed by atoms with Gasteiger partial charge in [-0.05, 0) is 34.9 Å². The van der Waals surface area contributed by atoms with Gasteiger partial charge in [0.05, 0.1) is 5.92 Å². The largest absolute Gasteiger partial charge is 0.508 e. The molecule has 0 heterocycles. The molecule has 0 aromatic heterocycles. The molecule has 0 spiro atoms. The molecule has 1 aliphatic carbocycles. The van der Waals surface area contributed by atoms with E-state index >= 15 is 0 Å². The van der Waals surface area contributed by atoms with E-state index in [1.165, 1.54) is 0 Å². The summed E-state index contributed by atoms with van der Waals surface area (Å²) in [5.74, 6) is -0.110. The maximum absolute atomic E-state index is 11.2. The van der Waals surface area contributed by atoms with Gasteiger partial charge in [0.2, 0.25) is 0 Å². The minimum Gasteiger partial charge on any atom is -0.508 e. The Labute approximate surface area is 98.0 Å². The Morgan fingerprint density at radius 2 is 1.88 bits per heavy atom. The lowest BCUT2D eigenvalue weighted by atomic mass is 9.99. The maximum Gasteiger partial charge on any atom is 0.131 e. The smallest absolute Gasteiger partial charge is 0.131 e. The lowest BCUT2D eigenvalue weighted by Crippen LogP contribution is -1.96. The number of rotatable bonds is 1. The van der Waals surface area contributed by atoms with Crippen molar-refractivity contribution in [3.05, 3.63) is 47.5 Å². The predicted octanol–water partition coefficient (Wildman–Crippen LogP) is 2.41. The summed E-state index contributed by atoms with van der Waals surface area (Å²) in [6.07, 6.45) is 0.837. The molecule has 0 aliphatic heterocycles. The van der Waals surface area contributed by atoms with Crippen molar-refractivity contribution < 1.29 is 15.0 Å². The van der Waals surface area contributed by atoms with Crippen molar-refractivity contribution in [1.82, 2.24) is 0 Å². The number of phenols is 2. The second-order valence-corrected chi connectivity index (χ2v) is 4.13. The zero-order valence-electron chi connectivity index (χ0n) is 8.92. The molecular weight excluding hydrogens is 216 g/mol. The van der Waals surface area contributed by atoms with Crippen molar-refractivity contribution in [2.45, 2.75) is 5.92 Å². The zero-order valence-corrected chi connectivity index (χ0v) is 8.92. The molecular formula is C14H10O3. The molecule has 3 rings (SSSR count). The summed E-state index contributed by atoms with van der Waals surface area (Å²) in [7, 11) is 0. The fourth-order valence-electron chi connectivity index (χ4n) is 2.46. The highest BCUT2D eigenvalue weighted by Crippen LogP contribution is 2.48. The molecule has 2 N–H and O–H groups in total. The summed E-state index contributed by atoms with van der Waals surface area (Å²) in [6, 6.07) is 10.0. The molecule has 0 saturated heterocycles. The standard InChI is InChI=1S/C14H10O3/c15-7-12-9-2-1-3-13(17)14(9)10-5-4-8(16)6-11(10)12/h1-7,12,16-17H. The SMILES string of the molecule is O=CC1c2cc(O)ccc2-c2c(O)cccc21. The van der Waals surface area contributed by atoms with E-state index in [-0.39, 0.29) is 11.5 Å². The minimum absolute atomic E-state index is 0.128. The molecule has 3 nitrogen and oxygen atoms in total. The van der Waals surface area contributed by atoms with Crippen molar-refractivity contribution in [2.75, 3.05) is 0 Å². The Morgan fingerprint density at radius 3 is 2.65 bits per heavy atom. The van der Waals surface area contributed by atoms with Gasteiger partial charge >= 0.3 is 0 Å². The summed E-state index contributed by atoms with van der Waals surface area (Å²) >= 11 is 0. The quantitative estimate of drug-likeness (QED) is 0.734. The number of aromatic hydroxyl groups is 2. The highest BCUT2D eigenvalue weighted by molar-refractivity contribution is 5.90. The minimum atomic E-state index is -0.404. The van der Waals surface area contributed by atoms with Gasteiger partial charge in [-0.3, -0.25) is 0 Å². The van der Waals surface area contributed by atoms with Crippen LogP contribution in [0.2, 0.25) is 0 Å². The molecule has 1 atom stereocenters. The van der Waals surface area contributed by atoms with E-state index < -0.39 is 5.92 Å². The highest BCUT2D eigenvalue weighted by atomic mass is 16.3. The first-order valence-corrected chi connectivity index (χ1v) is 5.33. The number of benzene rings is 2. The number of carbonyl (C=O) groups is 1. The van der Waals surface area contributed by atoms with Crippen LogP contribution in [0.15, 0.2) is 36.4 Å². The Kier molecular flexibility index (Phi) is 1.95. The molecule has 2 aromatic rings. The molecule has 3 heteroatoms. The van der Waals surface area contributed by atoms with Crippen LogP contribution >= 0.6 is 0 Å². The molecule has 0 radical (unpaired) electrons. The van der Waals surface area contributed by atoms with E-state index in [1.54, 1.807) is 30.3 Å². The molecule has 0 fully saturated rings. The highest BCUT2D eigenvalue weighted by Gasteiger charge is 2.30. The van der Waals surface area contributed by atoms with E-state index in [9.17, 15) is 15.0 Å². The summed E-state index contributed by atoms with van der Waals surface area (Å²) in [6.45, 7) is 0. The molecule has 1 aliphatic rings. The first-order chi connectivity index (χ1) is 8.22. The summed E-state index contributed by atoms with van der Waals surface area (Å²) in [5.41, 5.74) is 3.05. The van der Waals surface area contributed by atoms with Gasteiger partial charge in [0.1, 0.15) is 17.8 Å². The van der Waals surface area contributed by atoms with E-state index in [0.29, 0.717) is 5.56 Å². The van der Waals surface area contributed by atoms with Crippen molar-refractivity contribution >= 4 is 6.29 Å². The van der Waals surface area contributed by atoms with E-state index in [2.05, 4.69) is 0 Å². The number of hydrogen-bond donors (Lipinski definition) is 2. The second-order valence-electron chi connectivity index (χ2n) is 4.13. The number of fused-ring (bicyclic) bond motifs is 3. The summed E-state index contributed by atoms with van der Waals surface area (Å²) in [4.78, 5) is 11.2. The Balaban J connectivity index is 2.37. The first-order valence-electron chi connectivity index (χ1n) is 5.33. The van der Waals surface area contributed by atoms with Crippen LogP contribution in [0, 0.1) is 0 Å². The molecule has 0 saturated carbocycles. The molecule has 84 valence electrons. The topological polar surface area (TPSA) is 57.5 Å². The predicted molar refractivity (Wildman–Crippen MR) is 63.1 cm³/mol. The Morgan fingerprint density at radius 1 is 1.06 bits per heavy atom. The fourth-order valence-corrected chi connectivity index (χ4v) is 2.46. The van der Waals surface area contributed by atoms with Gasteiger partial charge in [-0.2, -0.15) is 0 Å². The van der Waals surface area contributed by atoms with Gasteiger partial charge in [0.25, 0.3) is 0 Å². The second kappa shape index (κ2) is 3.35. The molecule has 0 amide bonds. The third-order valence-corrected chi connectivity index (χ3v) is 3.19. The first kappa shape index (κ1) is 9.90. The Bertz CT molecular complexity index is 617. The molecule has 1 unspecified atom stereocenters. The van der Waals surface area contributed by atoms with E-state index in [0.717, 1.165) is 23.0 Å². The lowest BCUT2D eigenvalue weighted by molar-refractivity contribution is -0.108. The zero-order chi connectivity index (χ0) is 12.0. The Hall–Kier alpha value is -2.29. The monoisotopic (exact) mass is 226 g/mol. The molecule has 2 aromatic carbocycles. The number of hydrogen-bond acceptors (Lipinski definition) is 3. The van der Waals surface area contributed by atoms with Crippen LogP contribution in [0.4, 0.5) is 0 Å². The van der Waals surface area contributed by atoms with Crippen LogP contribution in [-0.4, -0.2) is 16.5 Å². The van der Waals surface area contributed by atoms with Crippen LogP contribution in [0.1, 0.15) is 17.0 Å². The van der Waals surface area contributed by atoms with Crippen LogP contribution in [0.3, 0.4) is 0 Å². The third kappa shape index (κ3) is 1.25. The third-order valence-electron chi connectivity index (χ3n) is 3.19. The van der Waals surface area contributed by atoms with Gasteiger partial charge in [-0.15, -0.1) is 0 Å².